The third-order valence-corrected chi connectivity index (χ3v) is 3.95. The number of nitrogens with two attached hydrogens (primary N) is 1. The predicted molar refractivity (Wildman–Crippen MR) is 104 cm³/mol. The maximum Gasteiger partial charge on any atom is 0.319 e. The van der Waals surface area contributed by atoms with Crippen LogP contribution in [0.1, 0.15) is 11.1 Å². The van der Waals surface area contributed by atoms with Crippen LogP contribution in [-0.2, 0) is 6.54 Å². The van der Waals surface area contributed by atoms with Crippen molar-refractivity contribution in [2.24, 2.45) is 0 Å². The molecule has 5 heteroatoms. The van der Waals surface area contributed by atoms with Crippen LogP contribution in [0.2, 0.25) is 0 Å². The molecule has 132 valence electrons. The standard InChI is InChI=1S/C21H21N3O2/c1-15-7-5-6-8-16(15)14-23-21(25)24-20-12-11-18(13-19(20)22)26-17-9-3-2-4-10-17/h2-13H,14,22H2,1H3,(H2,23,24,25). The Balaban J connectivity index is 1.59. The second kappa shape index (κ2) is 8.07. The zero-order valence-electron chi connectivity index (χ0n) is 14.5. The van der Waals surface area contributed by atoms with E-state index in [2.05, 4.69) is 10.6 Å². The van der Waals surface area contributed by atoms with Crippen LogP contribution in [0.4, 0.5) is 16.2 Å². The number of urea groups is 1. The molecule has 3 aromatic rings. The van der Waals surface area contributed by atoms with Crippen molar-refractivity contribution >= 4 is 17.4 Å². The largest absolute Gasteiger partial charge is 0.457 e. The normalized spacial score (nSPS) is 10.2. The van der Waals surface area contributed by atoms with Crippen LogP contribution in [0.5, 0.6) is 11.5 Å². The van der Waals surface area contributed by atoms with Gasteiger partial charge in [0.15, 0.2) is 0 Å². The highest BCUT2D eigenvalue weighted by atomic mass is 16.5. The molecular weight excluding hydrogens is 326 g/mol. The highest BCUT2D eigenvalue weighted by Crippen LogP contribution is 2.27. The van der Waals surface area contributed by atoms with Crippen molar-refractivity contribution in [3.05, 3.63) is 83.9 Å². The molecule has 5 nitrogen and oxygen atoms in total. The minimum Gasteiger partial charge on any atom is -0.457 e. The van der Waals surface area contributed by atoms with E-state index in [-0.39, 0.29) is 6.03 Å². The Labute approximate surface area is 152 Å². The Morgan fingerprint density at radius 2 is 1.69 bits per heavy atom. The maximum absolute atomic E-state index is 12.1. The number of hydrogen-bond acceptors (Lipinski definition) is 3. The molecule has 2 amide bonds. The van der Waals surface area contributed by atoms with E-state index in [9.17, 15) is 4.79 Å². The molecule has 3 aromatic carbocycles. The van der Waals surface area contributed by atoms with Crippen molar-refractivity contribution in [2.45, 2.75) is 13.5 Å². The van der Waals surface area contributed by atoms with E-state index >= 15 is 0 Å². The number of anilines is 2. The minimum atomic E-state index is -0.309. The molecule has 0 unspecified atom stereocenters. The lowest BCUT2D eigenvalue weighted by atomic mass is 10.1. The third-order valence-electron chi connectivity index (χ3n) is 3.95. The minimum absolute atomic E-state index is 0.309. The summed E-state index contributed by atoms with van der Waals surface area (Å²) in [4.78, 5) is 12.1. The fraction of sp³-hybridized carbons (Fsp3) is 0.0952. The van der Waals surface area contributed by atoms with Gasteiger partial charge in [-0.25, -0.2) is 4.79 Å². The summed E-state index contributed by atoms with van der Waals surface area (Å²) in [6.45, 7) is 2.46. The zero-order valence-corrected chi connectivity index (χ0v) is 14.5. The summed E-state index contributed by atoms with van der Waals surface area (Å²) in [5.41, 5.74) is 9.21. The lowest BCUT2D eigenvalue weighted by Gasteiger charge is -2.12. The number of rotatable bonds is 5. The number of para-hydroxylation sites is 1. The molecule has 0 bridgehead atoms. The summed E-state index contributed by atoms with van der Waals surface area (Å²) in [7, 11) is 0. The van der Waals surface area contributed by atoms with Crippen molar-refractivity contribution in [2.75, 3.05) is 11.1 Å². The number of carbonyl (C=O) groups excluding carboxylic acids is 1. The fourth-order valence-corrected chi connectivity index (χ4v) is 2.49. The summed E-state index contributed by atoms with van der Waals surface area (Å²) in [5.74, 6) is 1.34. The van der Waals surface area contributed by atoms with Gasteiger partial charge in [0.2, 0.25) is 0 Å². The van der Waals surface area contributed by atoms with Crippen LogP contribution >= 0.6 is 0 Å². The second-order valence-electron chi connectivity index (χ2n) is 5.90. The monoisotopic (exact) mass is 347 g/mol. The first-order chi connectivity index (χ1) is 12.6. The fourth-order valence-electron chi connectivity index (χ4n) is 2.49. The van der Waals surface area contributed by atoms with Gasteiger partial charge in [-0.2, -0.15) is 0 Å². The number of nitrogens with one attached hydrogen (secondary N) is 2. The smallest absolute Gasteiger partial charge is 0.319 e. The third kappa shape index (κ3) is 4.54. The van der Waals surface area contributed by atoms with Crippen molar-refractivity contribution in [1.29, 1.82) is 0 Å². The molecule has 0 aliphatic rings. The summed E-state index contributed by atoms with van der Waals surface area (Å²) < 4.78 is 5.73. The Bertz CT molecular complexity index is 895. The van der Waals surface area contributed by atoms with E-state index in [1.54, 1.807) is 18.2 Å². The van der Waals surface area contributed by atoms with Gasteiger partial charge in [-0.05, 0) is 42.3 Å². The van der Waals surface area contributed by atoms with Gasteiger partial charge in [0, 0.05) is 12.6 Å². The summed E-state index contributed by atoms with van der Waals surface area (Å²) in [6, 6.07) is 22.2. The Morgan fingerprint density at radius 3 is 2.42 bits per heavy atom. The van der Waals surface area contributed by atoms with Crippen LogP contribution in [0, 0.1) is 6.92 Å². The van der Waals surface area contributed by atoms with E-state index in [4.69, 9.17) is 10.5 Å². The molecular formula is C21H21N3O2. The van der Waals surface area contributed by atoms with Crippen LogP contribution < -0.4 is 21.1 Å². The van der Waals surface area contributed by atoms with Crippen molar-refractivity contribution in [3.63, 3.8) is 0 Å². The number of nitrogen functional groups attached to an aromatic ring is 1. The molecule has 0 heterocycles. The molecule has 26 heavy (non-hydrogen) atoms. The van der Waals surface area contributed by atoms with Gasteiger partial charge in [-0.15, -0.1) is 0 Å². The molecule has 0 fully saturated rings. The Hall–Kier alpha value is -3.47. The number of carbonyl (C=O) groups is 1. The van der Waals surface area contributed by atoms with Gasteiger partial charge in [-0.3, -0.25) is 0 Å². The van der Waals surface area contributed by atoms with Gasteiger partial charge < -0.3 is 21.1 Å². The van der Waals surface area contributed by atoms with Crippen molar-refractivity contribution < 1.29 is 9.53 Å². The highest BCUT2D eigenvalue weighted by molar-refractivity contribution is 5.92. The number of aryl methyl sites for hydroxylation is 1. The van der Waals surface area contributed by atoms with E-state index < -0.39 is 0 Å². The lowest BCUT2D eigenvalue weighted by Crippen LogP contribution is -2.28. The summed E-state index contributed by atoms with van der Waals surface area (Å²) in [6.07, 6.45) is 0. The van der Waals surface area contributed by atoms with Crippen LogP contribution in [0.15, 0.2) is 72.8 Å². The number of benzene rings is 3. The van der Waals surface area contributed by atoms with Crippen LogP contribution in [0.25, 0.3) is 0 Å². The molecule has 0 aliphatic carbocycles. The Morgan fingerprint density at radius 1 is 0.962 bits per heavy atom. The molecule has 0 aliphatic heterocycles. The molecule has 4 N–H and O–H groups in total. The molecule has 0 saturated heterocycles. The number of ether oxygens (including phenoxy) is 1. The average molecular weight is 347 g/mol. The topological polar surface area (TPSA) is 76.4 Å². The van der Waals surface area contributed by atoms with E-state index in [1.807, 2.05) is 61.5 Å². The van der Waals surface area contributed by atoms with Crippen LogP contribution in [0.3, 0.4) is 0 Å². The number of amides is 2. The molecule has 0 spiro atoms. The van der Waals surface area contributed by atoms with Crippen molar-refractivity contribution in [3.8, 4) is 11.5 Å². The van der Waals surface area contributed by atoms with Gasteiger partial charge in [0.25, 0.3) is 0 Å². The molecule has 0 radical (unpaired) electrons. The SMILES string of the molecule is Cc1ccccc1CNC(=O)Nc1ccc(Oc2ccccc2)cc1N. The molecule has 0 aromatic heterocycles. The number of hydrogen-bond donors (Lipinski definition) is 3. The first-order valence-electron chi connectivity index (χ1n) is 8.33. The van der Waals surface area contributed by atoms with Crippen LogP contribution in [-0.4, -0.2) is 6.03 Å². The highest BCUT2D eigenvalue weighted by Gasteiger charge is 2.07. The lowest BCUT2D eigenvalue weighted by molar-refractivity contribution is 0.251. The zero-order chi connectivity index (χ0) is 18.4. The van der Waals surface area contributed by atoms with E-state index in [0.717, 1.165) is 16.9 Å². The molecule has 0 saturated carbocycles. The quantitative estimate of drug-likeness (QED) is 0.586. The predicted octanol–water partition coefficient (Wildman–Crippen LogP) is 4.69. The molecule has 3 rings (SSSR count). The first-order valence-corrected chi connectivity index (χ1v) is 8.33. The summed E-state index contributed by atoms with van der Waals surface area (Å²) >= 11 is 0. The van der Waals surface area contributed by atoms with E-state index in [0.29, 0.717) is 23.7 Å². The van der Waals surface area contributed by atoms with Gasteiger partial charge in [0.1, 0.15) is 11.5 Å². The van der Waals surface area contributed by atoms with Crippen molar-refractivity contribution in [1.82, 2.24) is 5.32 Å². The van der Waals surface area contributed by atoms with Gasteiger partial charge >= 0.3 is 6.03 Å². The second-order valence-corrected chi connectivity index (χ2v) is 5.90. The maximum atomic E-state index is 12.1. The molecule has 0 atom stereocenters. The first kappa shape index (κ1) is 17.4. The van der Waals surface area contributed by atoms with E-state index in [1.165, 1.54) is 0 Å². The van der Waals surface area contributed by atoms with Gasteiger partial charge in [-0.1, -0.05) is 42.5 Å². The average Bonchev–Trinajstić information content (AvgIpc) is 2.64. The summed E-state index contributed by atoms with van der Waals surface area (Å²) in [5, 5.41) is 5.59. The Kier molecular flexibility index (Phi) is 5.39. The van der Waals surface area contributed by atoms with Gasteiger partial charge in [0.05, 0.1) is 11.4 Å².